The van der Waals surface area contributed by atoms with E-state index in [1.807, 2.05) is 30.3 Å². The number of halogens is 3. The lowest BCUT2D eigenvalue weighted by atomic mass is 10.0. The predicted octanol–water partition coefficient (Wildman–Crippen LogP) is 4.92. The molecule has 1 nitrogen and oxygen atoms in total. The van der Waals surface area contributed by atoms with Gasteiger partial charge in [-0.1, -0.05) is 34.1 Å². The van der Waals surface area contributed by atoms with Gasteiger partial charge in [0, 0.05) is 3.57 Å². The van der Waals surface area contributed by atoms with Crippen LogP contribution in [0.5, 0.6) is 5.75 Å². The minimum atomic E-state index is -0.343. The fourth-order valence-electron chi connectivity index (χ4n) is 1.66. The van der Waals surface area contributed by atoms with E-state index in [0.29, 0.717) is 0 Å². The number of methoxy groups -OCH3 is 1. The van der Waals surface area contributed by atoms with Crippen molar-refractivity contribution in [2.45, 2.75) is 4.83 Å². The van der Waals surface area contributed by atoms with E-state index in [9.17, 15) is 4.39 Å². The van der Waals surface area contributed by atoms with Crippen LogP contribution in [0, 0.1) is 9.39 Å². The molecule has 4 heteroatoms. The Morgan fingerprint density at radius 3 is 2.28 bits per heavy atom. The quantitative estimate of drug-likeness (QED) is 0.505. The van der Waals surface area contributed by atoms with E-state index < -0.39 is 0 Å². The Morgan fingerprint density at radius 2 is 1.72 bits per heavy atom. The summed E-state index contributed by atoms with van der Waals surface area (Å²) in [6, 6.07) is 13.1. The maximum Gasteiger partial charge on any atom is 0.165 e. The first kappa shape index (κ1) is 13.8. The van der Waals surface area contributed by atoms with Crippen LogP contribution in [0.1, 0.15) is 16.0 Å². The molecule has 0 aliphatic heterocycles. The number of rotatable bonds is 3. The van der Waals surface area contributed by atoms with E-state index in [4.69, 9.17) is 4.74 Å². The van der Waals surface area contributed by atoms with Gasteiger partial charge >= 0.3 is 0 Å². The zero-order valence-corrected chi connectivity index (χ0v) is 13.4. The number of alkyl halides is 1. The van der Waals surface area contributed by atoms with Gasteiger partial charge in [0.2, 0.25) is 0 Å². The van der Waals surface area contributed by atoms with Crippen molar-refractivity contribution in [1.29, 1.82) is 0 Å². The SMILES string of the molecule is COc1ccc(C(Br)c2ccc(I)cc2)cc1F. The van der Waals surface area contributed by atoms with Gasteiger partial charge in [-0.3, -0.25) is 0 Å². The molecule has 1 unspecified atom stereocenters. The lowest BCUT2D eigenvalue weighted by molar-refractivity contribution is 0.386. The van der Waals surface area contributed by atoms with E-state index in [2.05, 4.69) is 38.5 Å². The zero-order chi connectivity index (χ0) is 13.1. The number of ether oxygens (including phenoxy) is 1. The summed E-state index contributed by atoms with van der Waals surface area (Å²) in [5.74, 6) is -0.0778. The molecule has 94 valence electrons. The summed E-state index contributed by atoms with van der Waals surface area (Å²) in [6.45, 7) is 0. The largest absolute Gasteiger partial charge is 0.494 e. The average molecular weight is 421 g/mol. The van der Waals surface area contributed by atoms with Crippen molar-refractivity contribution in [3.05, 3.63) is 63.0 Å². The Bertz CT molecular complexity index is 542. The van der Waals surface area contributed by atoms with Crippen molar-refractivity contribution in [3.63, 3.8) is 0 Å². The first-order valence-corrected chi connectivity index (χ1v) is 7.34. The van der Waals surface area contributed by atoms with Gasteiger partial charge in [0.15, 0.2) is 11.6 Å². The molecular formula is C14H11BrFIO. The highest BCUT2D eigenvalue weighted by Crippen LogP contribution is 2.33. The molecular weight excluding hydrogens is 410 g/mol. The van der Waals surface area contributed by atoms with Gasteiger partial charge in [0.1, 0.15) is 0 Å². The predicted molar refractivity (Wildman–Crippen MR) is 82.9 cm³/mol. The van der Waals surface area contributed by atoms with Crippen LogP contribution in [-0.4, -0.2) is 7.11 Å². The van der Waals surface area contributed by atoms with Crippen LogP contribution >= 0.6 is 38.5 Å². The van der Waals surface area contributed by atoms with Crippen LogP contribution in [0.2, 0.25) is 0 Å². The third kappa shape index (κ3) is 3.03. The molecule has 0 fully saturated rings. The molecule has 2 aromatic carbocycles. The minimum Gasteiger partial charge on any atom is -0.494 e. The monoisotopic (exact) mass is 420 g/mol. The molecule has 0 spiro atoms. The highest BCUT2D eigenvalue weighted by Gasteiger charge is 2.12. The second-order valence-corrected chi connectivity index (χ2v) is 5.97. The van der Waals surface area contributed by atoms with Crippen molar-refractivity contribution in [1.82, 2.24) is 0 Å². The first-order valence-electron chi connectivity index (χ1n) is 5.35. The van der Waals surface area contributed by atoms with Gasteiger partial charge in [0.25, 0.3) is 0 Å². The number of hydrogen-bond donors (Lipinski definition) is 0. The van der Waals surface area contributed by atoms with Crippen molar-refractivity contribution in [3.8, 4) is 5.75 Å². The van der Waals surface area contributed by atoms with Crippen LogP contribution in [0.25, 0.3) is 0 Å². The van der Waals surface area contributed by atoms with Gasteiger partial charge in [-0.05, 0) is 58.0 Å². The van der Waals surface area contributed by atoms with E-state index in [1.54, 1.807) is 6.07 Å². The van der Waals surface area contributed by atoms with Crippen molar-refractivity contribution >= 4 is 38.5 Å². The van der Waals surface area contributed by atoms with Crippen molar-refractivity contribution in [2.24, 2.45) is 0 Å². The van der Waals surface area contributed by atoms with Crippen molar-refractivity contribution < 1.29 is 9.13 Å². The summed E-state index contributed by atoms with van der Waals surface area (Å²) in [7, 11) is 1.46. The molecule has 0 aliphatic rings. The Hall–Kier alpha value is -0.620. The lowest BCUT2D eigenvalue weighted by Gasteiger charge is -2.12. The number of benzene rings is 2. The fourth-order valence-corrected chi connectivity index (χ4v) is 2.61. The van der Waals surface area contributed by atoms with E-state index in [0.717, 1.165) is 11.1 Å². The molecule has 0 radical (unpaired) electrons. The van der Waals surface area contributed by atoms with Gasteiger partial charge in [0.05, 0.1) is 11.9 Å². The lowest BCUT2D eigenvalue weighted by Crippen LogP contribution is -1.95. The Morgan fingerprint density at radius 1 is 1.11 bits per heavy atom. The maximum absolute atomic E-state index is 13.6. The second kappa shape index (κ2) is 6.02. The molecule has 0 N–H and O–H groups in total. The van der Waals surface area contributed by atoms with Crippen LogP contribution in [-0.2, 0) is 0 Å². The van der Waals surface area contributed by atoms with Crippen LogP contribution in [0.3, 0.4) is 0 Å². The topological polar surface area (TPSA) is 9.23 Å². The molecule has 18 heavy (non-hydrogen) atoms. The van der Waals surface area contributed by atoms with E-state index in [1.165, 1.54) is 16.7 Å². The third-order valence-corrected chi connectivity index (χ3v) is 4.41. The highest BCUT2D eigenvalue weighted by atomic mass is 127. The molecule has 1 atom stereocenters. The summed E-state index contributed by atoms with van der Waals surface area (Å²) >= 11 is 5.85. The van der Waals surface area contributed by atoms with E-state index in [-0.39, 0.29) is 16.4 Å². The normalized spacial score (nSPS) is 12.2. The molecule has 0 heterocycles. The molecule has 0 aliphatic carbocycles. The fraction of sp³-hybridized carbons (Fsp3) is 0.143. The van der Waals surface area contributed by atoms with Gasteiger partial charge in [-0.25, -0.2) is 4.39 Å². The minimum absolute atomic E-state index is 0.0186. The standard InChI is InChI=1S/C14H11BrFIO/c1-18-13-7-4-10(8-12(13)16)14(15)9-2-5-11(17)6-3-9/h2-8,14H,1H3. The molecule has 2 rings (SSSR count). The number of hydrogen-bond acceptors (Lipinski definition) is 1. The molecule has 0 saturated heterocycles. The summed E-state index contributed by atoms with van der Waals surface area (Å²) in [6.07, 6.45) is 0. The summed E-state index contributed by atoms with van der Waals surface area (Å²) in [5.41, 5.74) is 1.97. The first-order chi connectivity index (χ1) is 8.61. The summed E-state index contributed by atoms with van der Waals surface area (Å²) < 4.78 is 19.7. The third-order valence-electron chi connectivity index (χ3n) is 2.63. The smallest absolute Gasteiger partial charge is 0.165 e. The van der Waals surface area contributed by atoms with Crippen LogP contribution in [0.15, 0.2) is 42.5 Å². The summed E-state index contributed by atoms with van der Waals surface area (Å²) in [4.78, 5) is -0.0186. The van der Waals surface area contributed by atoms with Gasteiger partial charge in [-0.2, -0.15) is 0 Å². The highest BCUT2D eigenvalue weighted by molar-refractivity contribution is 14.1. The molecule has 0 aromatic heterocycles. The Balaban J connectivity index is 2.31. The van der Waals surface area contributed by atoms with Gasteiger partial charge in [-0.15, -0.1) is 0 Å². The van der Waals surface area contributed by atoms with Gasteiger partial charge < -0.3 is 4.74 Å². The zero-order valence-electron chi connectivity index (χ0n) is 9.66. The van der Waals surface area contributed by atoms with Crippen LogP contribution < -0.4 is 4.74 Å². The maximum atomic E-state index is 13.6. The molecule has 0 saturated carbocycles. The second-order valence-electron chi connectivity index (χ2n) is 3.81. The van der Waals surface area contributed by atoms with E-state index >= 15 is 0 Å². The molecule has 0 amide bonds. The van der Waals surface area contributed by atoms with Crippen molar-refractivity contribution in [2.75, 3.05) is 7.11 Å². The molecule has 0 bridgehead atoms. The molecule has 2 aromatic rings. The summed E-state index contributed by atoms with van der Waals surface area (Å²) in [5, 5.41) is 0. The Labute approximate surface area is 128 Å². The van der Waals surface area contributed by atoms with Crippen LogP contribution in [0.4, 0.5) is 4.39 Å². The Kier molecular flexibility index (Phi) is 4.61. The average Bonchev–Trinajstić information content (AvgIpc) is 2.38.